The van der Waals surface area contributed by atoms with Crippen LogP contribution in [0, 0.1) is 0 Å². The molecule has 128 valence electrons. The van der Waals surface area contributed by atoms with E-state index in [2.05, 4.69) is 0 Å². The minimum absolute atomic E-state index is 0.0462. The molecule has 0 radical (unpaired) electrons. The van der Waals surface area contributed by atoms with Gasteiger partial charge >= 0.3 is 11.9 Å². The third-order valence-corrected chi connectivity index (χ3v) is 3.26. The molecular formula is C16H14Cl2O6. The predicted octanol–water partition coefficient (Wildman–Crippen LogP) is 3.97. The molecule has 0 aromatic heterocycles. The molecule has 0 fully saturated rings. The Morgan fingerprint density at radius 2 is 1.42 bits per heavy atom. The molecule has 6 nitrogen and oxygen atoms in total. The zero-order valence-electron chi connectivity index (χ0n) is 12.5. The quantitative estimate of drug-likeness (QED) is 0.704. The molecule has 0 aliphatic rings. The smallest absolute Gasteiger partial charge is 0.338 e. The van der Waals surface area contributed by atoms with Crippen LogP contribution in [0.1, 0.15) is 27.6 Å². The fraction of sp³-hybridized carbons (Fsp3) is 0.125. The number of halogens is 2. The van der Waals surface area contributed by atoms with Gasteiger partial charge in [0, 0.05) is 0 Å². The number of carbonyl (C=O) groups is 2. The maximum Gasteiger partial charge on any atom is 0.338 e. The molecule has 0 saturated heterocycles. The summed E-state index contributed by atoms with van der Waals surface area (Å²) >= 11 is 11.0. The topological polar surface area (TPSA) is 104 Å². The number of phenols is 2. The average Bonchev–Trinajstić information content (AvgIpc) is 2.53. The minimum Gasteiger partial charge on any atom is -0.506 e. The first kappa shape index (κ1) is 19.6. The minimum atomic E-state index is -1.06. The Balaban J connectivity index is 0.000000243. The summed E-state index contributed by atoms with van der Waals surface area (Å²) in [7, 11) is 0. The highest BCUT2D eigenvalue weighted by Gasteiger charge is 2.08. The molecular weight excluding hydrogens is 359 g/mol. The summed E-state index contributed by atoms with van der Waals surface area (Å²) in [5.74, 6) is -1.66. The van der Waals surface area contributed by atoms with E-state index in [1.165, 1.54) is 36.4 Å². The lowest BCUT2D eigenvalue weighted by Crippen LogP contribution is -2.03. The van der Waals surface area contributed by atoms with Crippen molar-refractivity contribution >= 4 is 35.1 Å². The Bertz CT molecular complexity index is 745. The maximum atomic E-state index is 11.1. The zero-order chi connectivity index (χ0) is 18.3. The molecule has 0 heterocycles. The van der Waals surface area contributed by atoms with Crippen LogP contribution in [-0.2, 0) is 4.74 Å². The molecule has 0 unspecified atom stereocenters. The van der Waals surface area contributed by atoms with E-state index >= 15 is 0 Å². The fourth-order valence-corrected chi connectivity index (χ4v) is 1.85. The van der Waals surface area contributed by atoms with Crippen molar-refractivity contribution in [1.82, 2.24) is 0 Å². The second kappa shape index (κ2) is 9.00. The molecule has 2 aromatic rings. The van der Waals surface area contributed by atoms with Crippen molar-refractivity contribution in [2.45, 2.75) is 6.92 Å². The first-order valence-electron chi connectivity index (χ1n) is 6.63. The van der Waals surface area contributed by atoms with Crippen molar-refractivity contribution < 1.29 is 29.6 Å². The lowest BCUT2D eigenvalue weighted by Gasteiger charge is -2.02. The highest BCUT2D eigenvalue weighted by atomic mass is 35.5. The molecule has 0 amide bonds. The standard InChI is InChI=1S/C9H9ClO3.C7H5ClO3/c1-2-13-9(12)6-3-4-8(11)7(10)5-6;8-5-3-4(7(10)11)1-2-6(5)9/h3-5,11H,2H2,1H3;1-3,9H,(H,10,11). The number of aromatic hydroxyl groups is 2. The van der Waals surface area contributed by atoms with Gasteiger partial charge in [-0.3, -0.25) is 0 Å². The van der Waals surface area contributed by atoms with E-state index in [0.29, 0.717) is 12.2 Å². The van der Waals surface area contributed by atoms with Crippen molar-refractivity contribution in [3.63, 3.8) is 0 Å². The second-order valence-corrected chi connectivity index (χ2v) is 5.17. The van der Waals surface area contributed by atoms with Gasteiger partial charge in [0.25, 0.3) is 0 Å². The van der Waals surface area contributed by atoms with Gasteiger partial charge in [0.2, 0.25) is 0 Å². The van der Waals surface area contributed by atoms with E-state index in [4.69, 9.17) is 43.3 Å². The number of rotatable bonds is 3. The number of hydrogen-bond acceptors (Lipinski definition) is 5. The van der Waals surface area contributed by atoms with Gasteiger partial charge in [0.15, 0.2) is 0 Å². The highest BCUT2D eigenvalue weighted by molar-refractivity contribution is 6.32. The largest absolute Gasteiger partial charge is 0.506 e. The van der Waals surface area contributed by atoms with Crippen LogP contribution < -0.4 is 0 Å². The number of benzene rings is 2. The monoisotopic (exact) mass is 372 g/mol. The third kappa shape index (κ3) is 5.64. The average molecular weight is 373 g/mol. The van der Waals surface area contributed by atoms with E-state index < -0.39 is 11.9 Å². The number of esters is 1. The van der Waals surface area contributed by atoms with Crippen molar-refractivity contribution in [3.05, 3.63) is 57.6 Å². The first-order valence-corrected chi connectivity index (χ1v) is 7.39. The summed E-state index contributed by atoms with van der Waals surface area (Å²) in [5, 5.41) is 26.6. The number of carboxylic acid groups (broad SMARTS) is 1. The summed E-state index contributed by atoms with van der Waals surface area (Å²) in [5.41, 5.74) is 0.400. The van der Waals surface area contributed by atoms with E-state index in [0.717, 1.165) is 0 Å². The van der Waals surface area contributed by atoms with Crippen molar-refractivity contribution in [2.24, 2.45) is 0 Å². The van der Waals surface area contributed by atoms with Gasteiger partial charge in [-0.15, -0.1) is 0 Å². The molecule has 0 spiro atoms. The van der Waals surface area contributed by atoms with E-state index in [1.54, 1.807) is 6.92 Å². The van der Waals surface area contributed by atoms with Gasteiger partial charge in [-0.25, -0.2) is 9.59 Å². The fourth-order valence-electron chi connectivity index (χ4n) is 1.49. The van der Waals surface area contributed by atoms with Gasteiger partial charge in [0.1, 0.15) is 11.5 Å². The highest BCUT2D eigenvalue weighted by Crippen LogP contribution is 2.24. The number of carbonyl (C=O) groups excluding carboxylic acids is 1. The second-order valence-electron chi connectivity index (χ2n) is 4.36. The lowest BCUT2D eigenvalue weighted by molar-refractivity contribution is 0.0525. The van der Waals surface area contributed by atoms with E-state index in [1.807, 2.05) is 0 Å². The van der Waals surface area contributed by atoms with Crippen LogP contribution in [0.4, 0.5) is 0 Å². The maximum absolute atomic E-state index is 11.1. The van der Waals surface area contributed by atoms with Crippen LogP contribution in [0.5, 0.6) is 11.5 Å². The van der Waals surface area contributed by atoms with Gasteiger partial charge in [0.05, 0.1) is 27.8 Å². The Labute approximate surface area is 147 Å². The predicted molar refractivity (Wildman–Crippen MR) is 89.1 cm³/mol. The Hall–Kier alpha value is -2.44. The zero-order valence-corrected chi connectivity index (χ0v) is 14.0. The summed E-state index contributed by atoms with van der Waals surface area (Å²) < 4.78 is 4.74. The summed E-state index contributed by atoms with van der Waals surface area (Å²) in [6.45, 7) is 2.04. The van der Waals surface area contributed by atoms with Gasteiger partial charge < -0.3 is 20.1 Å². The molecule has 0 aliphatic carbocycles. The molecule has 0 saturated carbocycles. The van der Waals surface area contributed by atoms with E-state index in [-0.39, 0.29) is 27.1 Å². The van der Waals surface area contributed by atoms with Crippen LogP contribution in [0.15, 0.2) is 36.4 Å². The van der Waals surface area contributed by atoms with Crippen LogP contribution in [0.2, 0.25) is 10.0 Å². The number of ether oxygens (including phenoxy) is 1. The van der Waals surface area contributed by atoms with Crippen LogP contribution in [0.25, 0.3) is 0 Å². The Morgan fingerprint density at radius 1 is 0.958 bits per heavy atom. The molecule has 2 rings (SSSR count). The summed E-state index contributed by atoms with van der Waals surface area (Å²) in [4.78, 5) is 21.5. The number of phenolic OH excluding ortho intramolecular Hbond substituents is 2. The number of carboxylic acids is 1. The van der Waals surface area contributed by atoms with Gasteiger partial charge in [-0.05, 0) is 43.3 Å². The van der Waals surface area contributed by atoms with Crippen molar-refractivity contribution in [1.29, 1.82) is 0 Å². The van der Waals surface area contributed by atoms with Gasteiger partial charge in [-0.2, -0.15) is 0 Å². The lowest BCUT2D eigenvalue weighted by atomic mass is 10.2. The number of aromatic carboxylic acids is 1. The molecule has 0 aliphatic heterocycles. The summed E-state index contributed by atoms with van der Waals surface area (Å²) in [6.07, 6.45) is 0. The van der Waals surface area contributed by atoms with E-state index in [9.17, 15) is 9.59 Å². The normalized spacial score (nSPS) is 9.62. The number of hydrogen-bond donors (Lipinski definition) is 3. The molecule has 0 atom stereocenters. The molecule has 24 heavy (non-hydrogen) atoms. The SMILES string of the molecule is CCOC(=O)c1ccc(O)c(Cl)c1.O=C(O)c1ccc(O)c(Cl)c1. The van der Waals surface area contributed by atoms with Crippen LogP contribution in [0.3, 0.4) is 0 Å². The third-order valence-electron chi connectivity index (χ3n) is 2.65. The Kier molecular flexibility index (Phi) is 7.35. The molecule has 2 aromatic carbocycles. The van der Waals surface area contributed by atoms with Gasteiger partial charge in [-0.1, -0.05) is 23.2 Å². The van der Waals surface area contributed by atoms with Crippen LogP contribution in [-0.4, -0.2) is 33.9 Å². The molecule has 0 bridgehead atoms. The first-order chi connectivity index (χ1) is 11.3. The van der Waals surface area contributed by atoms with Crippen molar-refractivity contribution in [2.75, 3.05) is 6.61 Å². The van der Waals surface area contributed by atoms with Crippen LogP contribution >= 0.6 is 23.2 Å². The van der Waals surface area contributed by atoms with Crippen molar-refractivity contribution in [3.8, 4) is 11.5 Å². The molecule has 3 N–H and O–H groups in total. The Morgan fingerprint density at radius 3 is 1.83 bits per heavy atom. The summed E-state index contributed by atoms with van der Waals surface area (Å²) in [6, 6.07) is 7.90. The molecule has 8 heteroatoms.